The quantitative estimate of drug-likeness (QED) is 0.899. The summed E-state index contributed by atoms with van der Waals surface area (Å²) in [6, 6.07) is 9.77. The molecule has 2 nitrogen and oxygen atoms in total. The summed E-state index contributed by atoms with van der Waals surface area (Å²) >= 11 is 9.00. The first kappa shape index (κ1) is 13.3. The van der Waals surface area contributed by atoms with Crippen molar-refractivity contribution < 1.29 is 9.13 Å². The van der Waals surface area contributed by atoms with E-state index in [2.05, 4.69) is 15.9 Å². The second kappa shape index (κ2) is 5.69. The standard InChI is InChI=1S/C13H10BrClFNO/c14-10-2-1-3-13(9(10)7-17)18-8-4-5-11(15)12(16)6-8/h1-6H,7,17H2. The molecule has 0 unspecified atom stereocenters. The Kier molecular flexibility index (Phi) is 4.22. The summed E-state index contributed by atoms with van der Waals surface area (Å²) in [5, 5.41) is 0.0654. The minimum absolute atomic E-state index is 0.0654. The summed E-state index contributed by atoms with van der Waals surface area (Å²) in [5.74, 6) is 0.455. The van der Waals surface area contributed by atoms with E-state index in [1.807, 2.05) is 12.1 Å². The molecule has 0 fully saturated rings. The van der Waals surface area contributed by atoms with Crippen LogP contribution in [0.5, 0.6) is 11.5 Å². The van der Waals surface area contributed by atoms with Gasteiger partial charge in [0.2, 0.25) is 0 Å². The third kappa shape index (κ3) is 2.83. The zero-order valence-corrected chi connectivity index (χ0v) is 11.6. The smallest absolute Gasteiger partial charge is 0.145 e. The molecule has 0 atom stereocenters. The zero-order chi connectivity index (χ0) is 13.1. The highest BCUT2D eigenvalue weighted by atomic mass is 79.9. The number of benzene rings is 2. The fourth-order valence-electron chi connectivity index (χ4n) is 1.50. The Morgan fingerprint density at radius 3 is 2.72 bits per heavy atom. The summed E-state index contributed by atoms with van der Waals surface area (Å²) in [4.78, 5) is 0. The van der Waals surface area contributed by atoms with Crippen LogP contribution in [0.3, 0.4) is 0 Å². The highest BCUT2D eigenvalue weighted by Crippen LogP contribution is 2.31. The van der Waals surface area contributed by atoms with Gasteiger partial charge in [-0.15, -0.1) is 0 Å². The maximum absolute atomic E-state index is 13.3. The monoisotopic (exact) mass is 329 g/mol. The molecule has 5 heteroatoms. The fraction of sp³-hybridized carbons (Fsp3) is 0.0769. The second-order valence-electron chi connectivity index (χ2n) is 3.60. The lowest BCUT2D eigenvalue weighted by Gasteiger charge is -2.11. The van der Waals surface area contributed by atoms with Gasteiger partial charge in [0.1, 0.15) is 17.3 Å². The van der Waals surface area contributed by atoms with Gasteiger partial charge in [-0.2, -0.15) is 0 Å². The van der Waals surface area contributed by atoms with E-state index in [-0.39, 0.29) is 5.02 Å². The molecule has 2 aromatic carbocycles. The lowest BCUT2D eigenvalue weighted by molar-refractivity contribution is 0.470. The van der Waals surface area contributed by atoms with Gasteiger partial charge >= 0.3 is 0 Å². The summed E-state index contributed by atoms with van der Waals surface area (Å²) in [5.41, 5.74) is 6.48. The highest BCUT2D eigenvalue weighted by molar-refractivity contribution is 9.10. The maximum atomic E-state index is 13.3. The third-order valence-corrected chi connectivity index (χ3v) is 3.45. The molecule has 0 heterocycles. The van der Waals surface area contributed by atoms with Crippen molar-refractivity contribution in [3.8, 4) is 11.5 Å². The normalized spacial score (nSPS) is 10.4. The van der Waals surface area contributed by atoms with E-state index in [0.717, 1.165) is 10.0 Å². The molecule has 0 spiro atoms. The molecule has 0 amide bonds. The van der Waals surface area contributed by atoms with E-state index >= 15 is 0 Å². The molecule has 18 heavy (non-hydrogen) atoms. The largest absolute Gasteiger partial charge is 0.457 e. The van der Waals surface area contributed by atoms with Crippen LogP contribution >= 0.6 is 27.5 Å². The van der Waals surface area contributed by atoms with E-state index in [0.29, 0.717) is 18.0 Å². The SMILES string of the molecule is NCc1c(Br)cccc1Oc1ccc(Cl)c(F)c1. The molecule has 0 bridgehead atoms. The molecule has 0 aliphatic carbocycles. The van der Waals surface area contributed by atoms with E-state index in [1.54, 1.807) is 12.1 Å². The first-order chi connectivity index (χ1) is 8.61. The molecule has 0 saturated carbocycles. The summed E-state index contributed by atoms with van der Waals surface area (Å²) in [6.45, 7) is 0.326. The van der Waals surface area contributed by atoms with E-state index in [4.69, 9.17) is 22.1 Å². The summed E-state index contributed by atoms with van der Waals surface area (Å²) in [7, 11) is 0. The number of ether oxygens (including phenoxy) is 1. The third-order valence-electron chi connectivity index (χ3n) is 2.40. The number of hydrogen-bond acceptors (Lipinski definition) is 2. The first-order valence-electron chi connectivity index (χ1n) is 5.22. The van der Waals surface area contributed by atoms with Gasteiger partial charge in [0, 0.05) is 22.6 Å². The van der Waals surface area contributed by atoms with E-state index < -0.39 is 5.82 Å². The van der Waals surface area contributed by atoms with Crippen LogP contribution in [-0.4, -0.2) is 0 Å². The minimum Gasteiger partial charge on any atom is -0.457 e. The Labute approximate surface area is 118 Å². The predicted molar refractivity (Wildman–Crippen MR) is 73.5 cm³/mol. The van der Waals surface area contributed by atoms with Gasteiger partial charge < -0.3 is 10.5 Å². The van der Waals surface area contributed by atoms with Crippen molar-refractivity contribution in [3.63, 3.8) is 0 Å². The van der Waals surface area contributed by atoms with Crippen LogP contribution in [0.1, 0.15) is 5.56 Å². The van der Waals surface area contributed by atoms with Crippen molar-refractivity contribution in [2.75, 3.05) is 0 Å². The average molecular weight is 331 g/mol. The maximum Gasteiger partial charge on any atom is 0.145 e. The van der Waals surface area contributed by atoms with Gasteiger partial charge in [-0.05, 0) is 24.3 Å². The van der Waals surface area contributed by atoms with Gasteiger partial charge in [-0.1, -0.05) is 33.6 Å². The van der Waals surface area contributed by atoms with Gasteiger partial charge in [0.25, 0.3) is 0 Å². The molecule has 2 N–H and O–H groups in total. The van der Waals surface area contributed by atoms with Gasteiger partial charge in [0.15, 0.2) is 0 Å². The van der Waals surface area contributed by atoms with Crippen LogP contribution < -0.4 is 10.5 Å². The van der Waals surface area contributed by atoms with Crippen LogP contribution in [0, 0.1) is 5.82 Å². The molecule has 0 aliphatic heterocycles. The van der Waals surface area contributed by atoms with Crippen molar-refractivity contribution in [2.24, 2.45) is 5.73 Å². The van der Waals surface area contributed by atoms with Crippen LogP contribution in [-0.2, 0) is 6.54 Å². The lowest BCUT2D eigenvalue weighted by Crippen LogP contribution is -2.00. The number of nitrogens with two attached hydrogens (primary N) is 1. The molecule has 0 saturated heterocycles. The minimum atomic E-state index is -0.515. The number of halogens is 3. The first-order valence-corrected chi connectivity index (χ1v) is 6.39. The lowest BCUT2D eigenvalue weighted by atomic mass is 10.2. The fourth-order valence-corrected chi connectivity index (χ4v) is 2.13. The van der Waals surface area contributed by atoms with Crippen molar-refractivity contribution in [1.29, 1.82) is 0 Å². The summed E-state index contributed by atoms with van der Waals surface area (Å²) in [6.07, 6.45) is 0. The molecule has 94 valence electrons. The van der Waals surface area contributed by atoms with Crippen molar-refractivity contribution in [2.45, 2.75) is 6.54 Å². The predicted octanol–water partition coefficient (Wildman–Crippen LogP) is 4.49. The Morgan fingerprint density at radius 1 is 1.28 bits per heavy atom. The Morgan fingerprint density at radius 2 is 2.06 bits per heavy atom. The van der Waals surface area contributed by atoms with E-state index in [1.165, 1.54) is 12.1 Å². The molecular weight excluding hydrogens is 321 g/mol. The molecular formula is C13H10BrClFNO. The average Bonchev–Trinajstić information content (AvgIpc) is 2.34. The molecule has 0 aliphatic rings. The Balaban J connectivity index is 2.34. The number of rotatable bonds is 3. The van der Waals surface area contributed by atoms with Crippen LogP contribution in [0.25, 0.3) is 0 Å². The highest BCUT2D eigenvalue weighted by Gasteiger charge is 2.08. The van der Waals surface area contributed by atoms with Crippen LogP contribution in [0.15, 0.2) is 40.9 Å². The molecule has 2 aromatic rings. The van der Waals surface area contributed by atoms with Gasteiger partial charge in [0.05, 0.1) is 5.02 Å². The molecule has 0 radical (unpaired) electrons. The van der Waals surface area contributed by atoms with Crippen molar-refractivity contribution >= 4 is 27.5 Å². The molecule has 0 aromatic heterocycles. The van der Waals surface area contributed by atoms with Gasteiger partial charge in [-0.3, -0.25) is 0 Å². The zero-order valence-electron chi connectivity index (χ0n) is 9.29. The van der Waals surface area contributed by atoms with Crippen LogP contribution in [0.4, 0.5) is 4.39 Å². The van der Waals surface area contributed by atoms with Crippen molar-refractivity contribution in [3.05, 3.63) is 57.3 Å². The Bertz CT molecular complexity index is 577. The van der Waals surface area contributed by atoms with Crippen molar-refractivity contribution in [1.82, 2.24) is 0 Å². The number of hydrogen-bond donors (Lipinski definition) is 1. The Hall–Kier alpha value is -1.10. The second-order valence-corrected chi connectivity index (χ2v) is 4.86. The van der Waals surface area contributed by atoms with Crippen LogP contribution in [0.2, 0.25) is 5.02 Å². The van der Waals surface area contributed by atoms with Gasteiger partial charge in [-0.25, -0.2) is 4.39 Å². The topological polar surface area (TPSA) is 35.2 Å². The van der Waals surface area contributed by atoms with E-state index in [9.17, 15) is 4.39 Å². The summed E-state index contributed by atoms with van der Waals surface area (Å²) < 4.78 is 19.8. The molecule has 2 rings (SSSR count).